The molecule has 31 heavy (non-hydrogen) atoms. The van der Waals surface area contributed by atoms with Crippen LogP contribution in [0.4, 0.5) is 10.1 Å². The van der Waals surface area contributed by atoms with E-state index in [0.717, 1.165) is 12.1 Å². The number of primary amides is 1. The van der Waals surface area contributed by atoms with Crippen LogP contribution >= 0.6 is 11.6 Å². The van der Waals surface area contributed by atoms with Gasteiger partial charge in [-0.15, -0.1) is 0 Å². The minimum absolute atomic E-state index is 0.0195. The molecule has 2 aromatic carbocycles. The maximum absolute atomic E-state index is 13.2. The largest absolute Gasteiger partial charge is 0.367 e. The predicted molar refractivity (Wildman–Crippen MR) is 115 cm³/mol. The Kier molecular flexibility index (Phi) is 6.37. The highest BCUT2D eigenvalue weighted by Crippen LogP contribution is 2.28. The number of nitrogens with two attached hydrogens (primary N) is 1. The molecule has 0 bridgehead atoms. The number of anilines is 1. The van der Waals surface area contributed by atoms with Gasteiger partial charge < -0.3 is 16.4 Å². The first-order chi connectivity index (χ1) is 14.6. The Labute approximate surface area is 183 Å². The monoisotopic (exact) mass is 445 g/mol. The van der Waals surface area contributed by atoms with Gasteiger partial charge in [0.25, 0.3) is 11.8 Å². The van der Waals surface area contributed by atoms with Crippen LogP contribution in [0, 0.1) is 5.82 Å². The average molecular weight is 446 g/mol. The molecule has 8 nitrogen and oxygen atoms in total. The molecule has 2 aromatic rings. The van der Waals surface area contributed by atoms with Crippen LogP contribution in [0.25, 0.3) is 0 Å². The van der Waals surface area contributed by atoms with Crippen LogP contribution in [-0.2, 0) is 15.1 Å². The summed E-state index contributed by atoms with van der Waals surface area (Å²) in [5.41, 5.74) is 4.96. The van der Waals surface area contributed by atoms with E-state index in [2.05, 4.69) is 20.9 Å². The zero-order valence-corrected chi connectivity index (χ0v) is 17.6. The number of amides is 3. The molecule has 1 unspecified atom stereocenters. The van der Waals surface area contributed by atoms with Crippen LogP contribution in [-0.4, -0.2) is 36.1 Å². The molecule has 10 heteroatoms. The summed E-state index contributed by atoms with van der Waals surface area (Å²) in [4.78, 5) is 41.6. The van der Waals surface area contributed by atoms with Gasteiger partial charge in [0.15, 0.2) is 5.54 Å². The van der Waals surface area contributed by atoms with Crippen molar-refractivity contribution in [2.45, 2.75) is 25.4 Å². The normalized spacial score (nSPS) is 17.9. The van der Waals surface area contributed by atoms with Gasteiger partial charge in [0.1, 0.15) is 11.5 Å². The molecular weight excluding hydrogens is 425 g/mol. The fourth-order valence-electron chi connectivity index (χ4n) is 3.27. The lowest BCUT2D eigenvalue weighted by molar-refractivity contribution is -0.123. The second kappa shape index (κ2) is 8.83. The van der Waals surface area contributed by atoms with E-state index in [1.54, 1.807) is 38.1 Å². The summed E-state index contributed by atoms with van der Waals surface area (Å²) in [7, 11) is 0. The number of carbonyl (C=O) groups is 3. The lowest BCUT2D eigenvalue weighted by Gasteiger charge is -2.28. The van der Waals surface area contributed by atoms with Crippen molar-refractivity contribution < 1.29 is 18.8 Å². The van der Waals surface area contributed by atoms with Crippen molar-refractivity contribution in [3.05, 3.63) is 64.4 Å². The topological polar surface area (TPSA) is 126 Å². The molecule has 1 atom stereocenters. The Bertz CT molecular complexity index is 1070. The summed E-state index contributed by atoms with van der Waals surface area (Å²) in [6, 6.07) is 9.52. The van der Waals surface area contributed by atoms with E-state index >= 15 is 0 Å². The van der Waals surface area contributed by atoms with E-state index in [9.17, 15) is 18.8 Å². The Morgan fingerprint density at radius 3 is 2.42 bits per heavy atom. The van der Waals surface area contributed by atoms with Gasteiger partial charge in [-0.05, 0) is 49.7 Å². The number of carbonyl (C=O) groups excluding carboxylic acids is 3. The van der Waals surface area contributed by atoms with Gasteiger partial charge in [0.2, 0.25) is 5.91 Å². The second-order valence-corrected chi connectivity index (χ2v) is 7.65. The number of hydrogen-bond donors (Lipinski definition) is 4. The van der Waals surface area contributed by atoms with Gasteiger partial charge in [0.05, 0.1) is 17.3 Å². The summed E-state index contributed by atoms with van der Waals surface area (Å²) in [6.07, 6.45) is 0. The van der Waals surface area contributed by atoms with Crippen LogP contribution in [0.15, 0.2) is 47.5 Å². The molecule has 1 aliphatic rings. The molecule has 1 heterocycles. The Morgan fingerprint density at radius 2 is 1.84 bits per heavy atom. The lowest BCUT2D eigenvalue weighted by Crippen LogP contribution is -2.59. The lowest BCUT2D eigenvalue weighted by atomic mass is 9.84. The zero-order valence-electron chi connectivity index (χ0n) is 16.8. The fraction of sp³-hybridized carbons (Fsp3) is 0.238. The third-order valence-electron chi connectivity index (χ3n) is 4.69. The summed E-state index contributed by atoms with van der Waals surface area (Å²) >= 11 is 5.93. The molecule has 3 rings (SSSR count). The molecule has 0 fully saturated rings. The van der Waals surface area contributed by atoms with E-state index in [1.165, 1.54) is 6.07 Å². The maximum atomic E-state index is 13.2. The van der Waals surface area contributed by atoms with Crippen LogP contribution in [0.2, 0.25) is 5.02 Å². The second-order valence-electron chi connectivity index (χ2n) is 7.24. The molecule has 1 aliphatic heterocycles. The zero-order chi connectivity index (χ0) is 22.8. The van der Waals surface area contributed by atoms with Crippen LogP contribution in [0.3, 0.4) is 0 Å². The number of halogens is 2. The quantitative estimate of drug-likeness (QED) is 0.542. The Hall–Kier alpha value is -3.30. The van der Waals surface area contributed by atoms with E-state index < -0.39 is 29.1 Å². The van der Waals surface area contributed by atoms with E-state index in [-0.39, 0.29) is 29.0 Å². The third kappa shape index (κ3) is 4.42. The number of benzene rings is 2. The first kappa shape index (κ1) is 22.4. The van der Waals surface area contributed by atoms with E-state index in [0.29, 0.717) is 11.3 Å². The summed E-state index contributed by atoms with van der Waals surface area (Å²) in [5, 5.41) is 8.25. The van der Waals surface area contributed by atoms with Crippen molar-refractivity contribution in [2.75, 3.05) is 12.0 Å². The number of nitrogens with one attached hydrogen (secondary N) is 3. The van der Waals surface area contributed by atoms with E-state index in [4.69, 9.17) is 17.3 Å². The molecule has 0 aromatic heterocycles. The summed E-state index contributed by atoms with van der Waals surface area (Å²) in [6.45, 7) is 3.63. The molecule has 0 saturated carbocycles. The van der Waals surface area contributed by atoms with Gasteiger partial charge in [-0.25, -0.2) is 4.39 Å². The van der Waals surface area contributed by atoms with Gasteiger partial charge in [-0.3, -0.25) is 24.7 Å². The average Bonchev–Trinajstić information content (AvgIpc) is 3.14. The predicted octanol–water partition coefficient (Wildman–Crippen LogP) is 1.94. The minimum Gasteiger partial charge on any atom is -0.367 e. The van der Waals surface area contributed by atoms with E-state index in [1.807, 2.05) is 0 Å². The SMILES string of the molecule is CC(C)NC(=O)C1=NCNC1(C(N)=O)c1ccc(NC(=O)c2ccc(F)cc2Cl)cc1. The summed E-state index contributed by atoms with van der Waals surface area (Å²) < 4.78 is 13.2. The van der Waals surface area contributed by atoms with Crippen molar-refractivity contribution in [3.63, 3.8) is 0 Å². The van der Waals surface area contributed by atoms with Crippen LogP contribution < -0.4 is 21.7 Å². The minimum atomic E-state index is -1.60. The first-order valence-electron chi connectivity index (χ1n) is 9.43. The molecule has 5 N–H and O–H groups in total. The molecule has 0 spiro atoms. The van der Waals surface area contributed by atoms with Crippen LogP contribution in [0.5, 0.6) is 0 Å². The van der Waals surface area contributed by atoms with Gasteiger partial charge in [0, 0.05) is 11.7 Å². The van der Waals surface area contributed by atoms with Gasteiger partial charge in [-0.1, -0.05) is 23.7 Å². The highest BCUT2D eigenvalue weighted by atomic mass is 35.5. The van der Waals surface area contributed by atoms with Crippen molar-refractivity contribution in [2.24, 2.45) is 10.7 Å². The Balaban J connectivity index is 1.86. The standard InChI is InChI=1S/C21H21ClFN5O3/c1-11(2)27-19(30)17-21(20(24)31,26-10-25-17)12-3-6-14(7-4-12)28-18(29)15-8-5-13(23)9-16(15)22/h3-9,11,26H,10H2,1-2H3,(H2,24,31)(H,27,30)(H,28,29). The number of aliphatic imine (C=N–C) groups is 1. The number of hydrogen-bond acceptors (Lipinski definition) is 5. The maximum Gasteiger partial charge on any atom is 0.268 e. The fourth-order valence-corrected chi connectivity index (χ4v) is 3.53. The first-order valence-corrected chi connectivity index (χ1v) is 9.80. The molecule has 0 radical (unpaired) electrons. The van der Waals surface area contributed by atoms with Crippen molar-refractivity contribution in [1.82, 2.24) is 10.6 Å². The molecule has 0 aliphatic carbocycles. The number of rotatable bonds is 6. The molecule has 162 valence electrons. The van der Waals surface area contributed by atoms with Gasteiger partial charge >= 0.3 is 0 Å². The van der Waals surface area contributed by atoms with Crippen molar-refractivity contribution in [1.29, 1.82) is 0 Å². The molecule has 3 amide bonds. The third-order valence-corrected chi connectivity index (χ3v) is 5.01. The highest BCUT2D eigenvalue weighted by Gasteiger charge is 2.49. The molecular formula is C21H21ClFN5O3. The highest BCUT2D eigenvalue weighted by molar-refractivity contribution is 6.47. The summed E-state index contributed by atoms with van der Waals surface area (Å²) in [5.74, 6) is -2.36. The Morgan fingerprint density at radius 1 is 1.16 bits per heavy atom. The van der Waals surface area contributed by atoms with Crippen LogP contribution in [0.1, 0.15) is 29.8 Å². The number of nitrogens with zero attached hydrogens (tertiary/aromatic N) is 1. The van der Waals surface area contributed by atoms with Crippen molar-refractivity contribution in [3.8, 4) is 0 Å². The molecule has 0 saturated heterocycles. The smallest absolute Gasteiger partial charge is 0.268 e. The van der Waals surface area contributed by atoms with Crippen molar-refractivity contribution >= 4 is 40.7 Å². The van der Waals surface area contributed by atoms with Gasteiger partial charge in [-0.2, -0.15) is 0 Å².